The van der Waals surface area contributed by atoms with Gasteiger partial charge < -0.3 is 5.32 Å². The van der Waals surface area contributed by atoms with E-state index in [9.17, 15) is 26.4 Å². The molecule has 2 aromatic carbocycles. The third-order valence-corrected chi connectivity index (χ3v) is 8.17. The molecular formula is C23H25Cl2F3N2O3S. The second kappa shape index (κ2) is 10.8. The predicted octanol–water partition coefficient (Wildman–Crippen LogP) is 5.72. The molecule has 1 heterocycles. The van der Waals surface area contributed by atoms with Crippen LogP contribution in [0.25, 0.3) is 0 Å². The number of alkyl halides is 3. The maximum absolute atomic E-state index is 13.9. The van der Waals surface area contributed by atoms with Crippen molar-refractivity contribution < 1.29 is 26.4 Å². The lowest BCUT2D eigenvalue weighted by molar-refractivity contribution is -0.138. The topological polar surface area (TPSA) is 66.5 Å². The molecule has 2 aromatic rings. The van der Waals surface area contributed by atoms with E-state index in [1.165, 1.54) is 31.2 Å². The van der Waals surface area contributed by atoms with Crippen molar-refractivity contribution >= 4 is 38.9 Å². The van der Waals surface area contributed by atoms with E-state index in [2.05, 4.69) is 5.32 Å². The summed E-state index contributed by atoms with van der Waals surface area (Å²) in [5.74, 6) is -0.963. The summed E-state index contributed by atoms with van der Waals surface area (Å²) >= 11 is 12.2. The maximum atomic E-state index is 13.9. The Morgan fingerprint density at radius 1 is 1.09 bits per heavy atom. The fourth-order valence-electron chi connectivity index (χ4n) is 3.95. The van der Waals surface area contributed by atoms with Crippen LogP contribution in [-0.4, -0.2) is 38.1 Å². The van der Waals surface area contributed by atoms with E-state index in [1.807, 2.05) is 4.90 Å². The van der Waals surface area contributed by atoms with E-state index in [0.717, 1.165) is 25.3 Å². The highest BCUT2D eigenvalue weighted by molar-refractivity contribution is 7.91. The highest BCUT2D eigenvalue weighted by atomic mass is 35.5. The maximum Gasteiger partial charge on any atom is 0.416 e. The van der Waals surface area contributed by atoms with Gasteiger partial charge in [0.05, 0.1) is 16.2 Å². The molecule has 1 N–H and O–H groups in total. The Bertz CT molecular complexity index is 1160. The molecule has 0 aliphatic carbocycles. The minimum absolute atomic E-state index is 0.00518. The van der Waals surface area contributed by atoms with Crippen LogP contribution in [-0.2, 0) is 29.1 Å². The third-order valence-electron chi connectivity index (χ3n) is 5.77. The van der Waals surface area contributed by atoms with Crippen LogP contribution in [0.4, 0.5) is 13.2 Å². The van der Waals surface area contributed by atoms with Crippen molar-refractivity contribution in [2.24, 2.45) is 0 Å². The molecule has 0 unspecified atom stereocenters. The molecule has 1 amide bonds. The molecule has 34 heavy (non-hydrogen) atoms. The minimum Gasteiger partial charge on any atom is -0.348 e. The number of piperidine rings is 1. The normalized spacial score (nSPS) is 15.4. The lowest BCUT2D eigenvalue weighted by Gasteiger charge is -2.28. The highest BCUT2D eigenvalue weighted by Gasteiger charge is 2.36. The average molecular weight is 537 g/mol. The fraction of sp³-hybridized carbons (Fsp3) is 0.435. The monoisotopic (exact) mass is 536 g/mol. The molecule has 11 heteroatoms. The predicted molar refractivity (Wildman–Crippen MR) is 126 cm³/mol. The van der Waals surface area contributed by atoms with Crippen LogP contribution in [0.2, 0.25) is 10.0 Å². The fourth-order valence-corrected chi connectivity index (χ4v) is 5.54. The second-order valence-corrected chi connectivity index (χ2v) is 11.2. The smallest absolute Gasteiger partial charge is 0.348 e. The number of sulfone groups is 1. The molecule has 5 nitrogen and oxygen atoms in total. The molecule has 1 fully saturated rings. The standard InChI is InChI=1S/C23H25Cl2F3N2O3S/c1-2-34(32,33)21-7-6-17(24)10-16(21)13-29-22(31)15-11-19(23(26,27)28)18(20(25)12-15)14-30-8-4-3-5-9-30/h6-7,10-12H,2-5,8-9,13-14H2,1H3,(H,29,31). The number of benzene rings is 2. The molecule has 1 saturated heterocycles. The summed E-state index contributed by atoms with van der Waals surface area (Å²) in [4.78, 5) is 14.7. The zero-order valence-corrected chi connectivity index (χ0v) is 20.8. The van der Waals surface area contributed by atoms with Crippen LogP contribution in [0.15, 0.2) is 35.2 Å². The van der Waals surface area contributed by atoms with Crippen LogP contribution in [0.1, 0.15) is 53.2 Å². The van der Waals surface area contributed by atoms with Crippen molar-refractivity contribution in [2.75, 3.05) is 18.8 Å². The summed E-state index contributed by atoms with van der Waals surface area (Å²) in [6.07, 6.45) is -1.82. The SMILES string of the molecule is CCS(=O)(=O)c1ccc(Cl)cc1CNC(=O)c1cc(Cl)c(CN2CCCCC2)c(C(F)(F)F)c1. The Morgan fingerprint density at radius 2 is 1.76 bits per heavy atom. The largest absolute Gasteiger partial charge is 0.416 e. The lowest BCUT2D eigenvalue weighted by atomic mass is 10.0. The zero-order valence-electron chi connectivity index (χ0n) is 18.5. The van der Waals surface area contributed by atoms with Gasteiger partial charge in [0.15, 0.2) is 9.84 Å². The van der Waals surface area contributed by atoms with Gasteiger partial charge in [0.25, 0.3) is 5.91 Å². The van der Waals surface area contributed by atoms with Gasteiger partial charge in [-0.1, -0.05) is 36.5 Å². The number of nitrogens with zero attached hydrogens (tertiary/aromatic N) is 1. The van der Waals surface area contributed by atoms with Crippen molar-refractivity contribution in [1.82, 2.24) is 10.2 Å². The molecule has 0 saturated carbocycles. The number of hydrogen-bond donors (Lipinski definition) is 1. The van der Waals surface area contributed by atoms with Crippen LogP contribution >= 0.6 is 23.2 Å². The van der Waals surface area contributed by atoms with Crippen molar-refractivity contribution in [3.05, 3.63) is 62.6 Å². The molecule has 186 valence electrons. The molecule has 1 aliphatic heterocycles. The van der Waals surface area contributed by atoms with Crippen molar-refractivity contribution in [3.8, 4) is 0 Å². The van der Waals surface area contributed by atoms with Gasteiger partial charge in [0.2, 0.25) is 0 Å². The van der Waals surface area contributed by atoms with Gasteiger partial charge in [-0.05, 0) is 67.4 Å². The number of halogens is 5. The molecule has 0 spiro atoms. The average Bonchev–Trinajstić information content (AvgIpc) is 2.78. The molecule has 0 aromatic heterocycles. The molecule has 0 radical (unpaired) electrons. The second-order valence-electron chi connectivity index (χ2n) is 8.16. The Labute approximate surface area is 207 Å². The minimum atomic E-state index is -4.69. The number of carbonyl (C=O) groups excluding carboxylic acids is 1. The van der Waals surface area contributed by atoms with Gasteiger partial charge >= 0.3 is 6.18 Å². The number of rotatable bonds is 7. The first-order valence-corrected chi connectivity index (χ1v) is 13.2. The molecule has 3 rings (SSSR count). The highest BCUT2D eigenvalue weighted by Crippen LogP contribution is 2.37. The van der Waals surface area contributed by atoms with E-state index in [0.29, 0.717) is 13.1 Å². The quantitative estimate of drug-likeness (QED) is 0.491. The molecule has 0 atom stereocenters. The van der Waals surface area contributed by atoms with Crippen LogP contribution in [0, 0.1) is 0 Å². The summed E-state index contributed by atoms with van der Waals surface area (Å²) in [7, 11) is -3.60. The van der Waals surface area contributed by atoms with Crippen molar-refractivity contribution in [1.29, 1.82) is 0 Å². The van der Waals surface area contributed by atoms with Crippen LogP contribution < -0.4 is 5.32 Å². The number of likely N-dealkylation sites (tertiary alicyclic amines) is 1. The summed E-state index contributed by atoms with van der Waals surface area (Å²) < 4.78 is 66.3. The third kappa shape index (κ3) is 6.44. The molecule has 1 aliphatic rings. The van der Waals surface area contributed by atoms with Gasteiger partial charge in [-0.2, -0.15) is 13.2 Å². The Kier molecular flexibility index (Phi) is 8.55. The van der Waals surface area contributed by atoms with E-state index in [1.54, 1.807) is 0 Å². The summed E-state index contributed by atoms with van der Waals surface area (Å²) in [6.45, 7) is 2.69. The van der Waals surface area contributed by atoms with Crippen molar-refractivity contribution in [3.63, 3.8) is 0 Å². The molecule has 0 bridgehead atoms. The Morgan fingerprint density at radius 3 is 2.38 bits per heavy atom. The van der Waals surface area contributed by atoms with Gasteiger partial charge in [0.1, 0.15) is 0 Å². The van der Waals surface area contributed by atoms with E-state index in [-0.39, 0.29) is 50.5 Å². The van der Waals surface area contributed by atoms with E-state index >= 15 is 0 Å². The first-order valence-electron chi connectivity index (χ1n) is 10.8. The van der Waals surface area contributed by atoms with Crippen LogP contribution in [0.3, 0.4) is 0 Å². The van der Waals surface area contributed by atoms with Gasteiger partial charge in [-0.15, -0.1) is 0 Å². The summed E-state index contributed by atoms with van der Waals surface area (Å²) in [5.41, 5.74) is -1.03. The first kappa shape index (κ1) is 26.8. The van der Waals surface area contributed by atoms with Gasteiger partial charge in [-0.25, -0.2) is 8.42 Å². The van der Waals surface area contributed by atoms with Crippen molar-refractivity contribution in [2.45, 2.75) is 50.3 Å². The Balaban J connectivity index is 1.87. The first-order chi connectivity index (χ1) is 15.9. The number of carbonyl (C=O) groups is 1. The number of nitrogens with one attached hydrogen (secondary N) is 1. The lowest BCUT2D eigenvalue weighted by Crippen LogP contribution is -2.30. The van der Waals surface area contributed by atoms with E-state index < -0.39 is 27.5 Å². The zero-order chi connectivity index (χ0) is 25.1. The molecular weight excluding hydrogens is 512 g/mol. The van der Waals surface area contributed by atoms with Gasteiger partial charge in [-0.3, -0.25) is 9.69 Å². The summed E-state index contributed by atoms with van der Waals surface area (Å²) in [6, 6.07) is 6.18. The Hall–Kier alpha value is -1.81. The van der Waals surface area contributed by atoms with Crippen LogP contribution in [0.5, 0.6) is 0 Å². The van der Waals surface area contributed by atoms with Gasteiger partial charge in [0, 0.05) is 28.7 Å². The van der Waals surface area contributed by atoms with E-state index in [4.69, 9.17) is 23.2 Å². The summed E-state index contributed by atoms with van der Waals surface area (Å²) in [5, 5.41) is 2.62. The number of amides is 1. The number of hydrogen-bond acceptors (Lipinski definition) is 4.